The molecule has 2 N–H and O–H groups in total. The van der Waals surface area contributed by atoms with Gasteiger partial charge in [-0.1, -0.05) is 57.9 Å². The molecule has 1 aliphatic heterocycles. The van der Waals surface area contributed by atoms with Crippen molar-refractivity contribution in [2.45, 2.75) is 58.3 Å². The van der Waals surface area contributed by atoms with Gasteiger partial charge >= 0.3 is 0 Å². The summed E-state index contributed by atoms with van der Waals surface area (Å²) in [7, 11) is 0. The van der Waals surface area contributed by atoms with Gasteiger partial charge in [0.2, 0.25) is 23.7 Å². The Morgan fingerprint density at radius 3 is 2.29 bits per heavy atom. The number of hydrogen-bond acceptors (Lipinski definition) is 5. The van der Waals surface area contributed by atoms with E-state index in [1.807, 2.05) is 12.1 Å². The Kier molecular flexibility index (Phi) is 5.64. The first-order chi connectivity index (χ1) is 14.7. The Morgan fingerprint density at radius 2 is 1.71 bits per heavy atom. The Labute approximate surface area is 181 Å². The number of carbonyl (C=O) groups excluding carboxylic acids is 3. The van der Waals surface area contributed by atoms with Crippen LogP contribution in [0.25, 0.3) is 11.4 Å². The van der Waals surface area contributed by atoms with Crippen molar-refractivity contribution in [1.82, 2.24) is 20.1 Å². The fourth-order valence-electron chi connectivity index (χ4n) is 4.43. The molecule has 4 rings (SSSR count). The number of carbonyl (C=O) groups is 3. The molecule has 8 heteroatoms. The van der Waals surface area contributed by atoms with Crippen LogP contribution in [0.3, 0.4) is 0 Å². The largest absolute Gasteiger partial charge is 0.293 e. The second-order valence-corrected chi connectivity index (χ2v) is 9.46. The number of nitrogens with zero attached hydrogens (tertiary/aromatic N) is 3. The molecule has 0 bridgehead atoms. The first-order valence-corrected chi connectivity index (χ1v) is 10.9. The van der Waals surface area contributed by atoms with E-state index in [1.54, 1.807) is 0 Å². The van der Waals surface area contributed by atoms with Gasteiger partial charge in [-0.3, -0.25) is 29.7 Å². The van der Waals surface area contributed by atoms with Crippen LogP contribution in [0.5, 0.6) is 0 Å². The summed E-state index contributed by atoms with van der Waals surface area (Å²) in [4.78, 5) is 43.0. The predicted molar refractivity (Wildman–Crippen MR) is 116 cm³/mol. The SMILES string of the molecule is CC(C)(C)c1ccc(-c2nc(NC(=O)CCN3C(=O)[C@H]4CCCC[C@@H]4C3=O)n[nH]2)cc1. The summed E-state index contributed by atoms with van der Waals surface area (Å²) in [6.07, 6.45) is 3.55. The molecule has 0 radical (unpaired) electrons. The third kappa shape index (κ3) is 4.38. The highest BCUT2D eigenvalue weighted by Crippen LogP contribution is 2.38. The van der Waals surface area contributed by atoms with E-state index in [9.17, 15) is 14.4 Å². The molecule has 164 valence electrons. The van der Waals surface area contributed by atoms with E-state index in [1.165, 1.54) is 10.5 Å². The fourth-order valence-corrected chi connectivity index (χ4v) is 4.43. The van der Waals surface area contributed by atoms with Crippen molar-refractivity contribution in [2.24, 2.45) is 11.8 Å². The van der Waals surface area contributed by atoms with Crippen LogP contribution in [0.1, 0.15) is 58.4 Å². The van der Waals surface area contributed by atoms with Gasteiger partial charge in [0.1, 0.15) is 0 Å². The first kappa shape index (κ1) is 21.2. The van der Waals surface area contributed by atoms with Crippen LogP contribution in [0.4, 0.5) is 5.95 Å². The van der Waals surface area contributed by atoms with E-state index in [0.717, 1.165) is 31.2 Å². The normalized spacial score (nSPS) is 21.3. The molecule has 0 unspecified atom stereocenters. The minimum absolute atomic E-state index is 0.0288. The number of fused-ring (bicyclic) bond motifs is 1. The van der Waals surface area contributed by atoms with Crippen LogP contribution in [0, 0.1) is 11.8 Å². The van der Waals surface area contributed by atoms with Crippen molar-refractivity contribution in [3.63, 3.8) is 0 Å². The van der Waals surface area contributed by atoms with Crippen LogP contribution < -0.4 is 5.32 Å². The zero-order chi connectivity index (χ0) is 22.2. The zero-order valence-corrected chi connectivity index (χ0v) is 18.3. The van der Waals surface area contributed by atoms with Crippen molar-refractivity contribution in [1.29, 1.82) is 0 Å². The summed E-state index contributed by atoms with van der Waals surface area (Å²) in [5, 5.41) is 9.54. The lowest BCUT2D eigenvalue weighted by molar-refractivity contribution is -0.140. The molecule has 1 aromatic heterocycles. The minimum Gasteiger partial charge on any atom is -0.293 e. The molecule has 1 saturated heterocycles. The summed E-state index contributed by atoms with van der Waals surface area (Å²) < 4.78 is 0. The second-order valence-electron chi connectivity index (χ2n) is 9.46. The number of nitrogens with one attached hydrogen (secondary N) is 2. The minimum atomic E-state index is -0.330. The molecule has 31 heavy (non-hydrogen) atoms. The van der Waals surface area contributed by atoms with E-state index in [0.29, 0.717) is 5.82 Å². The number of aromatic amines is 1. The smallest absolute Gasteiger partial charge is 0.249 e. The Balaban J connectivity index is 1.33. The monoisotopic (exact) mass is 423 g/mol. The van der Waals surface area contributed by atoms with Crippen molar-refractivity contribution in [2.75, 3.05) is 11.9 Å². The Bertz CT molecular complexity index is 965. The summed E-state index contributed by atoms with van der Waals surface area (Å²) in [5.74, 6) is -0.224. The molecule has 2 fully saturated rings. The van der Waals surface area contributed by atoms with E-state index < -0.39 is 0 Å². The molecule has 8 nitrogen and oxygen atoms in total. The standard InChI is InChI=1S/C23H29N5O3/c1-23(2,3)15-10-8-14(9-11-15)19-25-22(27-26-19)24-18(29)12-13-28-20(30)16-6-4-5-7-17(16)21(28)31/h8-11,16-17H,4-7,12-13H2,1-3H3,(H2,24,25,26,27,29)/t16-,17-/m0/s1. The van der Waals surface area contributed by atoms with E-state index in [-0.39, 0.29) is 53.9 Å². The van der Waals surface area contributed by atoms with Gasteiger partial charge in [0.25, 0.3) is 0 Å². The molecule has 2 heterocycles. The molecule has 2 aromatic rings. The molecular formula is C23H29N5O3. The van der Waals surface area contributed by atoms with Crippen molar-refractivity contribution >= 4 is 23.7 Å². The maximum absolute atomic E-state index is 12.5. The maximum atomic E-state index is 12.5. The average molecular weight is 424 g/mol. The lowest BCUT2D eigenvalue weighted by Gasteiger charge is -2.19. The predicted octanol–water partition coefficient (Wildman–Crippen LogP) is 3.27. The van der Waals surface area contributed by atoms with E-state index >= 15 is 0 Å². The molecular weight excluding hydrogens is 394 g/mol. The summed E-state index contributed by atoms with van der Waals surface area (Å²) in [5.41, 5.74) is 2.15. The third-order valence-electron chi connectivity index (χ3n) is 6.26. The van der Waals surface area contributed by atoms with E-state index in [2.05, 4.69) is 53.4 Å². The topological polar surface area (TPSA) is 108 Å². The molecule has 1 saturated carbocycles. The van der Waals surface area contributed by atoms with Crippen LogP contribution >= 0.6 is 0 Å². The number of rotatable bonds is 5. The molecule has 3 amide bonds. The molecule has 2 aliphatic rings. The number of likely N-dealkylation sites (tertiary alicyclic amines) is 1. The Hall–Kier alpha value is -3.03. The van der Waals surface area contributed by atoms with Gasteiger partial charge in [0.05, 0.1) is 11.8 Å². The maximum Gasteiger partial charge on any atom is 0.249 e. The fraction of sp³-hybridized carbons (Fsp3) is 0.522. The molecule has 2 atom stereocenters. The number of H-pyrrole nitrogens is 1. The van der Waals surface area contributed by atoms with Gasteiger partial charge in [-0.15, -0.1) is 5.10 Å². The number of imide groups is 1. The average Bonchev–Trinajstić information content (AvgIpc) is 3.30. The highest BCUT2D eigenvalue weighted by molar-refractivity contribution is 6.05. The number of amides is 3. The molecule has 1 aromatic carbocycles. The molecule has 1 aliphatic carbocycles. The number of benzene rings is 1. The zero-order valence-electron chi connectivity index (χ0n) is 18.3. The lowest BCUT2D eigenvalue weighted by Crippen LogP contribution is -2.34. The number of anilines is 1. The van der Waals surface area contributed by atoms with Crippen LogP contribution in [-0.2, 0) is 19.8 Å². The third-order valence-corrected chi connectivity index (χ3v) is 6.26. The van der Waals surface area contributed by atoms with Gasteiger partial charge in [-0.25, -0.2) is 0 Å². The molecule has 0 spiro atoms. The summed E-state index contributed by atoms with van der Waals surface area (Å²) >= 11 is 0. The quantitative estimate of drug-likeness (QED) is 0.718. The highest BCUT2D eigenvalue weighted by Gasteiger charge is 2.47. The first-order valence-electron chi connectivity index (χ1n) is 10.9. The van der Waals surface area contributed by atoms with Gasteiger partial charge in [0, 0.05) is 18.5 Å². The van der Waals surface area contributed by atoms with Crippen LogP contribution in [0.2, 0.25) is 0 Å². The van der Waals surface area contributed by atoms with Crippen LogP contribution in [-0.4, -0.2) is 44.3 Å². The second kappa shape index (κ2) is 8.24. The Morgan fingerprint density at radius 1 is 1.10 bits per heavy atom. The summed E-state index contributed by atoms with van der Waals surface area (Å²) in [6, 6.07) is 8.04. The highest BCUT2D eigenvalue weighted by atomic mass is 16.2. The van der Waals surface area contributed by atoms with Gasteiger partial charge in [0.15, 0.2) is 5.82 Å². The van der Waals surface area contributed by atoms with Crippen molar-refractivity contribution < 1.29 is 14.4 Å². The number of hydrogen-bond donors (Lipinski definition) is 2. The van der Waals surface area contributed by atoms with Gasteiger partial charge in [-0.2, -0.15) is 4.98 Å². The van der Waals surface area contributed by atoms with E-state index in [4.69, 9.17) is 0 Å². The van der Waals surface area contributed by atoms with Crippen molar-refractivity contribution in [3.05, 3.63) is 29.8 Å². The van der Waals surface area contributed by atoms with Crippen LogP contribution in [0.15, 0.2) is 24.3 Å². The number of aromatic nitrogens is 3. The van der Waals surface area contributed by atoms with Gasteiger partial charge < -0.3 is 0 Å². The lowest BCUT2D eigenvalue weighted by atomic mass is 9.81. The summed E-state index contributed by atoms with van der Waals surface area (Å²) in [6.45, 7) is 6.56. The van der Waals surface area contributed by atoms with Gasteiger partial charge in [-0.05, 0) is 23.8 Å². The van der Waals surface area contributed by atoms with Crippen molar-refractivity contribution in [3.8, 4) is 11.4 Å².